The van der Waals surface area contributed by atoms with Gasteiger partial charge in [-0.25, -0.2) is 4.98 Å². The molecule has 8 heteroatoms. The second-order valence-electron chi connectivity index (χ2n) is 5.83. The molecule has 0 aliphatic carbocycles. The number of thiazole rings is 1. The molecular formula is C17H17Cl2N3OS2. The number of nitrogens with zero attached hydrogens (tertiary/aromatic N) is 3. The van der Waals surface area contributed by atoms with Crippen molar-refractivity contribution in [1.82, 2.24) is 9.88 Å². The third kappa shape index (κ3) is 4.51. The van der Waals surface area contributed by atoms with Crippen molar-refractivity contribution < 1.29 is 4.79 Å². The molecule has 0 aliphatic heterocycles. The van der Waals surface area contributed by atoms with Gasteiger partial charge in [0.25, 0.3) is 5.91 Å². The number of amides is 1. The van der Waals surface area contributed by atoms with E-state index in [1.807, 2.05) is 32.3 Å². The van der Waals surface area contributed by atoms with Crippen molar-refractivity contribution in [3.63, 3.8) is 0 Å². The fraction of sp³-hybridized carbons (Fsp3) is 0.294. The summed E-state index contributed by atoms with van der Waals surface area (Å²) in [5, 5.41) is 1.35. The van der Waals surface area contributed by atoms with E-state index >= 15 is 0 Å². The molecule has 3 rings (SSSR count). The fourth-order valence-corrected chi connectivity index (χ4v) is 4.65. The maximum atomic E-state index is 13.0. The van der Waals surface area contributed by atoms with E-state index in [0.29, 0.717) is 25.9 Å². The van der Waals surface area contributed by atoms with Gasteiger partial charge in [0.15, 0.2) is 5.13 Å². The van der Waals surface area contributed by atoms with E-state index in [-0.39, 0.29) is 5.91 Å². The highest BCUT2D eigenvalue weighted by atomic mass is 35.5. The smallest absolute Gasteiger partial charge is 0.270 e. The number of fused-ring (bicyclic) bond motifs is 1. The summed E-state index contributed by atoms with van der Waals surface area (Å²) in [5.41, 5.74) is 0.846. The second kappa shape index (κ2) is 8.01. The highest BCUT2D eigenvalue weighted by molar-refractivity contribution is 7.22. The number of halogens is 2. The third-order valence-electron chi connectivity index (χ3n) is 3.59. The van der Waals surface area contributed by atoms with Crippen LogP contribution >= 0.6 is 45.9 Å². The molecule has 0 spiro atoms. The van der Waals surface area contributed by atoms with Crippen LogP contribution in [0.25, 0.3) is 10.2 Å². The summed E-state index contributed by atoms with van der Waals surface area (Å²) >= 11 is 14.8. The van der Waals surface area contributed by atoms with Crippen LogP contribution in [0.1, 0.15) is 16.1 Å². The maximum Gasteiger partial charge on any atom is 0.270 e. The minimum absolute atomic E-state index is 0.0687. The monoisotopic (exact) mass is 413 g/mol. The lowest BCUT2D eigenvalue weighted by molar-refractivity contribution is 0.0990. The lowest BCUT2D eigenvalue weighted by Crippen LogP contribution is -2.32. The largest absolute Gasteiger partial charge is 0.309 e. The van der Waals surface area contributed by atoms with Gasteiger partial charge in [0.2, 0.25) is 0 Å². The molecule has 0 saturated heterocycles. The summed E-state index contributed by atoms with van der Waals surface area (Å²) in [7, 11) is 4.04. The maximum absolute atomic E-state index is 13.0. The first-order valence-corrected chi connectivity index (χ1v) is 10.1. The molecule has 2 heterocycles. The Labute approximate surface area is 164 Å². The number of rotatable bonds is 6. The number of aromatic nitrogens is 1. The predicted molar refractivity (Wildman–Crippen MR) is 109 cm³/mol. The van der Waals surface area contributed by atoms with Crippen molar-refractivity contribution in [3.05, 3.63) is 44.6 Å². The van der Waals surface area contributed by atoms with Gasteiger partial charge in [-0.15, -0.1) is 11.3 Å². The first-order chi connectivity index (χ1) is 11.9. The second-order valence-corrected chi connectivity index (χ2v) is 8.99. The van der Waals surface area contributed by atoms with E-state index in [1.165, 1.54) is 22.7 Å². The van der Waals surface area contributed by atoms with Crippen LogP contribution in [-0.4, -0.2) is 43.0 Å². The van der Waals surface area contributed by atoms with Gasteiger partial charge >= 0.3 is 0 Å². The lowest BCUT2D eigenvalue weighted by atomic mass is 10.3. The van der Waals surface area contributed by atoms with Gasteiger partial charge in [-0.3, -0.25) is 9.69 Å². The Kier molecular flexibility index (Phi) is 5.96. The third-order valence-corrected chi connectivity index (χ3v) is 6.08. The van der Waals surface area contributed by atoms with Crippen molar-refractivity contribution in [3.8, 4) is 0 Å². The Morgan fingerprint density at radius 3 is 2.60 bits per heavy atom. The van der Waals surface area contributed by atoms with Crippen molar-refractivity contribution >= 4 is 67.1 Å². The SMILES string of the molecule is CN(C)CCCN(C(=O)c1ccc(Cl)s1)c1nc2ccc(Cl)cc2s1. The zero-order valence-electron chi connectivity index (χ0n) is 13.8. The summed E-state index contributed by atoms with van der Waals surface area (Å²) in [6, 6.07) is 9.07. The number of hydrogen-bond donors (Lipinski definition) is 0. The molecule has 0 fully saturated rings. The van der Waals surface area contributed by atoms with Gasteiger partial charge in [-0.2, -0.15) is 0 Å². The average Bonchev–Trinajstić information content (AvgIpc) is 3.16. The van der Waals surface area contributed by atoms with Crippen LogP contribution in [0.15, 0.2) is 30.3 Å². The molecule has 0 aliphatic rings. The number of carbonyl (C=O) groups is 1. The van der Waals surface area contributed by atoms with Crippen molar-refractivity contribution in [2.75, 3.05) is 32.1 Å². The first kappa shape index (κ1) is 18.6. The molecule has 1 amide bonds. The highest BCUT2D eigenvalue weighted by Gasteiger charge is 2.22. The summed E-state index contributed by atoms with van der Waals surface area (Å²) < 4.78 is 1.57. The molecule has 0 radical (unpaired) electrons. The van der Waals surface area contributed by atoms with Crippen LogP contribution in [0, 0.1) is 0 Å². The Bertz CT molecular complexity index is 891. The van der Waals surface area contributed by atoms with Crippen molar-refractivity contribution in [1.29, 1.82) is 0 Å². The normalized spacial score (nSPS) is 11.4. The molecule has 0 unspecified atom stereocenters. The zero-order valence-corrected chi connectivity index (χ0v) is 17.0. The van der Waals surface area contributed by atoms with Crippen LogP contribution in [0.3, 0.4) is 0 Å². The summed E-state index contributed by atoms with van der Waals surface area (Å²) in [5.74, 6) is -0.0687. The molecule has 132 valence electrons. The van der Waals surface area contributed by atoms with Gasteiger partial charge in [0, 0.05) is 11.6 Å². The lowest BCUT2D eigenvalue weighted by Gasteiger charge is -2.20. The molecular weight excluding hydrogens is 397 g/mol. The van der Waals surface area contributed by atoms with Crippen molar-refractivity contribution in [2.24, 2.45) is 0 Å². The molecule has 1 aromatic carbocycles. The molecule has 25 heavy (non-hydrogen) atoms. The molecule has 3 aromatic rings. The van der Waals surface area contributed by atoms with Crippen LogP contribution in [0.5, 0.6) is 0 Å². The molecule has 0 saturated carbocycles. The van der Waals surface area contributed by atoms with E-state index in [1.54, 1.807) is 17.0 Å². The number of benzene rings is 1. The number of hydrogen-bond acceptors (Lipinski definition) is 5. The Morgan fingerprint density at radius 2 is 1.92 bits per heavy atom. The van der Waals surface area contributed by atoms with Crippen LogP contribution in [0.2, 0.25) is 9.36 Å². The van der Waals surface area contributed by atoms with Gasteiger partial charge in [0.05, 0.1) is 19.4 Å². The minimum atomic E-state index is -0.0687. The quantitative estimate of drug-likeness (QED) is 0.552. The number of thiophene rings is 1. The van der Waals surface area contributed by atoms with Crippen LogP contribution in [0.4, 0.5) is 5.13 Å². The molecule has 0 bridgehead atoms. The summed E-state index contributed by atoms with van der Waals surface area (Å²) in [6.07, 6.45) is 0.856. The van der Waals surface area contributed by atoms with Gasteiger partial charge in [-0.1, -0.05) is 34.5 Å². The van der Waals surface area contributed by atoms with Gasteiger partial charge < -0.3 is 4.90 Å². The Morgan fingerprint density at radius 1 is 1.12 bits per heavy atom. The molecule has 2 aromatic heterocycles. The van der Waals surface area contributed by atoms with Crippen LogP contribution < -0.4 is 4.90 Å². The van der Waals surface area contributed by atoms with Crippen molar-refractivity contribution in [2.45, 2.75) is 6.42 Å². The molecule has 0 N–H and O–H groups in total. The standard InChI is InChI=1S/C17H17Cl2N3OS2/c1-21(2)8-3-9-22(16(23)13-6-7-15(19)24-13)17-20-12-5-4-11(18)10-14(12)25-17/h4-7,10H,3,8-9H2,1-2H3. The van der Waals surface area contributed by atoms with E-state index in [9.17, 15) is 4.79 Å². The van der Waals surface area contributed by atoms with Crippen LogP contribution in [-0.2, 0) is 0 Å². The van der Waals surface area contributed by atoms with Gasteiger partial charge in [0.1, 0.15) is 0 Å². The topological polar surface area (TPSA) is 36.4 Å². The summed E-state index contributed by atoms with van der Waals surface area (Å²) in [4.78, 5) is 22.1. The fourth-order valence-electron chi connectivity index (χ4n) is 2.39. The van der Waals surface area contributed by atoms with E-state index in [4.69, 9.17) is 23.2 Å². The number of carbonyl (C=O) groups excluding carboxylic acids is 1. The zero-order chi connectivity index (χ0) is 18.0. The van der Waals surface area contributed by atoms with E-state index in [0.717, 1.165) is 23.2 Å². The first-order valence-electron chi connectivity index (χ1n) is 7.72. The minimum Gasteiger partial charge on any atom is -0.309 e. The van der Waals surface area contributed by atoms with E-state index < -0.39 is 0 Å². The average molecular weight is 414 g/mol. The Hall–Kier alpha value is -1.18. The van der Waals surface area contributed by atoms with E-state index in [2.05, 4.69) is 9.88 Å². The highest BCUT2D eigenvalue weighted by Crippen LogP contribution is 2.32. The molecule has 0 atom stereocenters. The van der Waals surface area contributed by atoms with Gasteiger partial charge in [-0.05, 0) is 57.4 Å². The molecule has 4 nitrogen and oxygen atoms in total. The summed E-state index contributed by atoms with van der Waals surface area (Å²) in [6.45, 7) is 1.49. The Balaban J connectivity index is 1.92. The number of anilines is 1. The predicted octanol–water partition coefficient (Wildman–Crippen LogP) is 5.26.